The Hall–Kier alpha value is -3.22. The molecule has 0 aliphatic carbocycles. The molecule has 6 nitrogen and oxygen atoms in total. The van der Waals surface area contributed by atoms with Gasteiger partial charge in [-0.3, -0.25) is 14.5 Å². The maximum Gasteiger partial charge on any atom is 0.325 e. The van der Waals surface area contributed by atoms with Gasteiger partial charge in [0.2, 0.25) is 0 Å². The molecule has 2 aromatic carbocycles. The van der Waals surface area contributed by atoms with Crippen LogP contribution in [0.2, 0.25) is 0 Å². The minimum atomic E-state index is -1.19. The highest BCUT2D eigenvalue weighted by Gasteiger charge is 2.48. The van der Waals surface area contributed by atoms with Crippen LogP contribution in [0, 0.1) is 5.82 Å². The van der Waals surface area contributed by atoms with Crippen molar-refractivity contribution in [3.63, 3.8) is 0 Å². The van der Waals surface area contributed by atoms with Gasteiger partial charge in [0.25, 0.3) is 5.91 Å². The van der Waals surface area contributed by atoms with Gasteiger partial charge < -0.3 is 10.1 Å². The summed E-state index contributed by atoms with van der Waals surface area (Å²) in [6.07, 6.45) is 0.225. The second-order valence-electron chi connectivity index (χ2n) is 6.57. The summed E-state index contributed by atoms with van der Waals surface area (Å²) in [6, 6.07) is 11.6. The number of carbonyl (C=O) groups is 3. The first-order chi connectivity index (χ1) is 12.8. The van der Waals surface area contributed by atoms with Gasteiger partial charge in [-0.1, -0.05) is 18.2 Å². The summed E-state index contributed by atoms with van der Waals surface area (Å²) in [6.45, 7) is 1.21. The van der Waals surface area contributed by atoms with Crippen molar-refractivity contribution >= 4 is 17.7 Å². The lowest BCUT2D eigenvalue weighted by atomic mass is 9.92. The van der Waals surface area contributed by atoms with Crippen LogP contribution in [-0.4, -0.2) is 41.8 Å². The second-order valence-corrected chi connectivity index (χ2v) is 6.57. The summed E-state index contributed by atoms with van der Waals surface area (Å²) in [7, 11) is 1.53. The van der Waals surface area contributed by atoms with Crippen LogP contribution >= 0.6 is 0 Å². The van der Waals surface area contributed by atoms with E-state index in [-0.39, 0.29) is 12.0 Å². The number of imide groups is 1. The molecule has 0 bridgehead atoms. The van der Waals surface area contributed by atoms with E-state index >= 15 is 0 Å². The molecule has 0 radical (unpaired) electrons. The van der Waals surface area contributed by atoms with Gasteiger partial charge in [0, 0.05) is 12.0 Å². The van der Waals surface area contributed by atoms with E-state index in [4.69, 9.17) is 4.74 Å². The standard InChI is InChI=1S/C20H19FN2O4/c1-20(11-14-5-3-4-6-17(14)27-2)18(25)23(19(26)22-20)12-16(24)13-7-9-15(21)10-8-13/h3-10H,11-12H2,1-2H3,(H,22,26)/t20-/m1/s1. The van der Waals surface area contributed by atoms with Crippen LogP contribution in [0.25, 0.3) is 0 Å². The van der Waals surface area contributed by atoms with Gasteiger partial charge >= 0.3 is 6.03 Å². The number of benzene rings is 2. The predicted octanol–water partition coefficient (Wildman–Crippen LogP) is 2.57. The number of para-hydroxylation sites is 1. The number of ketones is 1. The van der Waals surface area contributed by atoms with E-state index < -0.39 is 35.6 Å². The number of ether oxygens (including phenoxy) is 1. The number of carbonyl (C=O) groups excluding carboxylic acids is 3. The molecule has 0 saturated carbocycles. The third kappa shape index (κ3) is 3.67. The Morgan fingerprint density at radius 2 is 1.81 bits per heavy atom. The molecular weight excluding hydrogens is 351 g/mol. The molecule has 3 amide bonds. The fraction of sp³-hybridized carbons (Fsp3) is 0.250. The Morgan fingerprint density at radius 3 is 2.48 bits per heavy atom. The molecular formula is C20H19FN2O4. The van der Waals surface area contributed by atoms with Gasteiger partial charge in [-0.05, 0) is 42.8 Å². The monoisotopic (exact) mass is 370 g/mol. The average molecular weight is 370 g/mol. The number of urea groups is 1. The molecule has 1 fully saturated rings. The number of Topliss-reactive ketones (excluding diaryl/α,β-unsaturated/α-hetero) is 1. The molecule has 1 saturated heterocycles. The SMILES string of the molecule is COc1ccccc1C[C@@]1(C)NC(=O)N(CC(=O)c2ccc(F)cc2)C1=O. The van der Waals surface area contributed by atoms with E-state index in [0.717, 1.165) is 22.6 Å². The molecule has 2 aromatic rings. The van der Waals surface area contributed by atoms with E-state index in [1.165, 1.54) is 19.2 Å². The van der Waals surface area contributed by atoms with Crippen LogP contribution in [0.4, 0.5) is 9.18 Å². The van der Waals surface area contributed by atoms with Crippen molar-refractivity contribution in [2.75, 3.05) is 13.7 Å². The van der Waals surface area contributed by atoms with Crippen LogP contribution in [0.3, 0.4) is 0 Å². The van der Waals surface area contributed by atoms with Gasteiger partial charge in [-0.15, -0.1) is 0 Å². The lowest BCUT2D eigenvalue weighted by Crippen LogP contribution is -2.46. The van der Waals surface area contributed by atoms with Crippen LogP contribution in [0.1, 0.15) is 22.8 Å². The van der Waals surface area contributed by atoms with E-state index in [0.29, 0.717) is 5.75 Å². The molecule has 0 unspecified atom stereocenters. The highest BCUT2D eigenvalue weighted by molar-refractivity contribution is 6.11. The number of halogens is 1. The Labute approximate surface area is 155 Å². The average Bonchev–Trinajstić information content (AvgIpc) is 2.85. The smallest absolute Gasteiger partial charge is 0.325 e. The molecule has 27 heavy (non-hydrogen) atoms. The number of methoxy groups -OCH3 is 1. The van der Waals surface area contributed by atoms with E-state index in [1.807, 2.05) is 18.2 Å². The Bertz CT molecular complexity index is 897. The molecule has 3 rings (SSSR count). The molecule has 1 aliphatic heterocycles. The van der Waals surface area contributed by atoms with E-state index in [2.05, 4.69) is 5.32 Å². The van der Waals surface area contributed by atoms with Gasteiger partial charge in [-0.25, -0.2) is 9.18 Å². The summed E-state index contributed by atoms with van der Waals surface area (Å²) < 4.78 is 18.3. The van der Waals surface area contributed by atoms with Crippen molar-refractivity contribution in [1.29, 1.82) is 0 Å². The van der Waals surface area contributed by atoms with E-state index in [9.17, 15) is 18.8 Å². The lowest BCUT2D eigenvalue weighted by molar-refractivity contribution is -0.130. The number of hydrogen-bond acceptors (Lipinski definition) is 4. The van der Waals surface area contributed by atoms with Gasteiger partial charge in [0.15, 0.2) is 5.78 Å². The first kappa shape index (κ1) is 18.6. The topological polar surface area (TPSA) is 75.7 Å². The van der Waals surface area contributed by atoms with Crippen molar-refractivity contribution < 1.29 is 23.5 Å². The second kappa shape index (κ2) is 7.19. The summed E-state index contributed by atoms with van der Waals surface area (Å²) in [4.78, 5) is 38.4. The largest absolute Gasteiger partial charge is 0.496 e. The number of hydrogen-bond donors (Lipinski definition) is 1. The van der Waals surface area contributed by atoms with E-state index in [1.54, 1.807) is 13.0 Å². The zero-order valence-electron chi connectivity index (χ0n) is 15.0. The molecule has 1 aliphatic rings. The normalized spacial score (nSPS) is 19.1. The first-order valence-electron chi connectivity index (χ1n) is 8.39. The summed E-state index contributed by atoms with van der Waals surface area (Å²) in [5.74, 6) is -0.790. The Morgan fingerprint density at radius 1 is 1.15 bits per heavy atom. The fourth-order valence-corrected chi connectivity index (χ4v) is 3.11. The predicted molar refractivity (Wildman–Crippen MR) is 96.1 cm³/mol. The summed E-state index contributed by atoms with van der Waals surface area (Å²) >= 11 is 0. The third-order valence-corrected chi connectivity index (χ3v) is 4.55. The van der Waals surface area contributed by atoms with Crippen LogP contribution in [0.5, 0.6) is 5.75 Å². The molecule has 7 heteroatoms. The zero-order valence-corrected chi connectivity index (χ0v) is 15.0. The van der Waals surface area contributed by atoms with Crippen molar-refractivity contribution in [3.8, 4) is 5.75 Å². The molecule has 1 N–H and O–H groups in total. The lowest BCUT2D eigenvalue weighted by Gasteiger charge is -2.22. The minimum absolute atomic E-state index is 0.225. The maximum absolute atomic E-state index is 13.0. The number of rotatable bonds is 6. The number of amides is 3. The molecule has 0 aromatic heterocycles. The highest BCUT2D eigenvalue weighted by Crippen LogP contribution is 2.27. The summed E-state index contributed by atoms with van der Waals surface area (Å²) in [5, 5.41) is 2.67. The van der Waals surface area contributed by atoms with Crippen LogP contribution < -0.4 is 10.1 Å². The van der Waals surface area contributed by atoms with Gasteiger partial charge in [0.1, 0.15) is 17.1 Å². The zero-order chi connectivity index (χ0) is 19.6. The summed E-state index contributed by atoms with van der Waals surface area (Å²) in [5.41, 5.74) is -0.187. The number of nitrogens with zero attached hydrogens (tertiary/aromatic N) is 1. The molecule has 1 heterocycles. The van der Waals surface area contributed by atoms with Crippen molar-refractivity contribution in [3.05, 3.63) is 65.5 Å². The molecule has 0 spiro atoms. The maximum atomic E-state index is 13.0. The Kier molecular flexibility index (Phi) is 4.94. The van der Waals surface area contributed by atoms with Crippen molar-refractivity contribution in [2.45, 2.75) is 18.9 Å². The minimum Gasteiger partial charge on any atom is -0.496 e. The van der Waals surface area contributed by atoms with Crippen molar-refractivity contribution in [1.82, 2.24) is 10.2 Å². The Balaban J connectivity index is 1.77. The fourth-order valence-electron chi connectivity index (χ4n) is 3.11. The highest BCUT2D eigenvalue weighted by atomic mass is 19.1. The van der Waals surface area contributed by atoms with Crippen LogP contribution in [0.15, 0.2) is 48.5 Å². The van der Waals surface area contributed by atoms with Gasteiger partial charge in [0.05, 0.1) is 13.7 Å². The van der Waals surface area contributed by atoms with Crippen LogP contribution in [-0.2, 0) is 11.2 Å². The van der Waals surface area contributed by atoms with Gasteiger partial charge in [-0.2, -0.15) is 0 Å². The molecule has 140 valence electrons. The van der Waals surface area contributed by atoms with Crippen molar-refractivity contribution in [2.24, 2.45) is 0 Å². The third-order valence-electron chi connectivity index (χ3n) is 4.55. The first-order valence-corrected chi connectivity index (χ1v) is 8.39. The quantitative estimate of drug-likeness (QED) is 0.626. The molecule has 1 atom stereocenters. The number of nitrogens with one attached hydrogen (secondary N) is 1.